The highest BCUT2D eigenvalue weighted by Crippen LogP contribution is 2.30. The molecule has 2 aromatic heterocycles. The monoisotopic (exact) mass is 707 g/mol. The summed E-state index contributed by atoms with van der Waals surface area (Å²) in [7, 11) is 0. The van der Waals surface area contributed by atoms with E-state index in [-0.39, 0.29) is 59.9 Å². The number of nitriles is 1. The van der Waals surface area contributed by atoms with Crippen LogP contribution in [0.4, 0.5) is 0 Å². The summed E-state index contributed by atoms with van der Waals surface area (Å²) in [5, 5.41) is 21.2. The molecule has 0 aliphatic heterocycles. The zero-order valence-corrected chi connectivity index (χ0v) is 28.6. The molecular formula is C32H43Cl2N7O3S2. The molecule has 2 aromatic carbocycles. The Kier molecular flexibility index (Phi) is 19.7. The molecule has 4 rings (SSSR count). The van der Waals surface area contributed by atoms with Crippen LogP contribution in [0.2, 0.25) is 10.0 Å². The van der Waals surface area contributed by atoms with E-state index in [2.05, 4.69) is 31.2 Å². The van der Waals surface area contributed by atoms with Crippen LogP contribution in [0, 0.1) is 39.0 Å². The van der Waals surface area contributed by atoms with Gasteiger partial charge in [-0.1, -0.05) is 79.6 Å². The van der Waals surface area contributed by atoms with E-state index >= 15 is 0 Å². The van der Waals surface area contributed by atoms with Gasteiger partial charge in [-0.25, -0.2) is 9.97 Å². The molecule has 0 bridgehead atoms. The lowest BCUT2D eigenvalue weighted by molar-refractivity contribution is 0.216. The smallest absolute Gasteiger partial charge is 0.236 e. The second-order valence-corrected chi connectivity index (χ2v) is 10.1. The van der Waals surface area contributed by atoms with Crippen molar-refractivity contribution < 1.29 is 14.7 Å². The van der Waals surface area contributed by atoms with Gasteiger partial charge in [-0.3, -0.25) is 0 Å². The molecule has 2 heterocycles. The van der Waals surface area contributed by atoms with Crippen molar-refractivity contribution in [1.82, 2.24) is 19.9 Å². The van der Waals surface area contributed by atoms with Crippen LogP contribution in [-0.4, -0.2) is 31.0 Å². The van der Waals surface area contributed by atoms with Gasteiger partial charge in [-0.2, -0.15) is 42.2 Å². The molecule has 14 heteroatoms. The van der Waals surface area contributed by atoms with Crippen LogP contribution in [0.5, 0.6) is 11.8 Å². The van der Waals surface area contributed by atoms with Crippen molar-refractivity contribution in [2.24, 2.45) is 10.9 Å². The molecule has 2 atom stereocenters. The molecule has 0 spiro atoms. The number of amidine groups is 1. The molecule has 0 aliphatic rings. The Hall–Kier alpha value is -3.76. The summed E-state index contributed by atoms with van der Waals surface area (Å²) >= 11 is 12.3. The van der Waals surface area contributed by atoms with Crippen molar-refractivity contribution in [2.75, 3.05) is 0 Å². The standard InChI is InChI=1S/C15H17ClN4O2.C15H14ClN3O.2CH4.2H2S/c1-8-13(16)15(19-10(3)18-8)22-9(2)11-4-6-12(7-5-11)14(17)20-21;1-9-14(16)15(19-11(3)18-9)20-10(2)13-6-4-12(8-17)5-7-13;;;;/h4-7,9,21H,1-3H3,(H2,17,20);4-7,10H,1-3H3;2*1H4;2*1H2/t9-;10-;;;;/m00..../s1. The molecular weight excluding hydrogens is 665 g/mol. The van der Waals surface area contributed by atoms with E-state index < -0.39 is 0 Å². The Morgan fingerprint density at radius 3 is 1.48 bits per heavy atom. The first-order valence-electron chi connectivity index (χ1n) is 12.9. The minimum atomic E-state index is -0.257. The van der Waals surface area contributed by atoms with Crippen molar-refractivity contribution in [3.05, 3.63) is 104 Å². The van der Waals surface area contributed by atoms with E-state index in [0.717, 1.165) is 11.1 Å². The van der Waals surface area contributed by atoms with Crippen LogP contribution < -0.4 is 15.2 Å². The van der Waals surface area contributed by atoms with Gasteiger partial charge in [0.25, 0.3) is 0 Å². The number of aromatic nitrogens is 4. The lowest BCUT2D eigenvalue weighted by atomic mass is 10.1. The Morgan fingerprint density at radius 2 is 1.13 bits per heavy atom. The lowest BCUT2D eigenvalue weighted by Crippen LogP contribution is -2.13. The van der Waals surface area contributed by atoms with Gasteiger partial charge in [-0.05, 0) is 64.8 Å². The third-order valence-corrected chi connectivity index (χ3v) is 6.94. The summed E-state index contributed by atoms with van der Waals surface area (Å²) in [5.41, 5.74) is 10.0. The largest absolute Gasteiger partial charge is 0.469 e. The Morgan fingerprint density at radius 1 is 0.761 bits per heavy atom. The van der Waals surface area contributed by atoms with E-state index in [1.807, 2.05) is 45.0 Å². The minimum absolute atomic E-state index is 0. The summed E-state index contributed by atoms with van der Waals surface area (Å²) in [4.78, 5) is 16.8. The number of hydrogen-bond acceptors (Lipinski definition) is 9. The first-order valence-corrected chi connectivity index (χ1v) is 13.6. The molecule has 0 radical (unpaired) electrons. The van der Waals surface area contributed by atoms with E-state index in [9.17, 15) is 0 Å². The van der Waals surface area contributed by atoms with E-state index in [1.165, 1.54) is 0 Å². The van der Waals surface area contributed by atoms with Gasteiger partial charge in [0.2, 0.25) is 11.8 Å². The summed E-state index contributed by atoms with van der Waals surface area (Å²) in [5.74, 6) is 2.03. The zero-order chi connectivity index (χ0) is 31.0. The second kappa shape index (κ2) is 20.4. The maximum absolute atomic E-state index is 8.78. The highest BCUT2D eigenvalue weighted by atomic mass is 35.5. The third kappa shape index (κ3) is 11.9. The molecule has 0 saturated heterocycles. The fourth-order valence-electron chi connectivity index (χ4n) is 3.77. The number of hydrogen-bond donors (Lipinski definition) is 2. The van der Waals surface area contributed by atoms with E-state index in [1.54, 1.807) is 45.0 Å². The van der Waals surface area contributed by atoms with Gasteiger partial charge in [0.05, 0.1) is 23.0 Å². The molecule has 10 nitrogen and oxygen atoms in total. The number of aryl methyl sites for hydroxylation is 4. The van der Waals surface area contributed by atoms with Crippen LogP contribution in [0.25, 0.3) is 0 Å². The predicted octanol–water partition coefficient (Wildman–Crippen LogP) is 8.24. The molecule has 0 unspecified atom stereocenters. The summed E-state index contributed by atoms with van der Waals surface area (Å²) < 4.78 is 11.6. The number of nitrogens with zero attached hydrogens (tertiary/aromatic N) is 6. The number of benzene rings is 2. The summed E-state index contributed by atoms with van der Waals surface area (Å²) in [6.45, 7) is 11.0. The molecule has 0 saturated carbocycles. The van der Waals surface area contributed by atoms with Gasteiger partial charge < -0.3 is 20.4 Å². The maximum atomic E-state index is 8.78. The van der Waals surface area contributed by atoms with Crippen LogP contribution >= 0.6 is 50.2 Å². The first-order chi connectivity index (χ1) is 19.9. The molecule has 250 valence electrons. The van der Waals surface area contributed by atoms with Crippen molar-refractivity contribution in [3.63, 3.8) is 0 Å². The van der Waals surface area contributed by atoms with E-state index in [0.29, 0.717) is 56.0 Å². The molecule has 3 N–H and O–H groups in total. The zero-order valence-electron chi connectivity index (χ0n) is 25.1. The van der Waals surface area contributed by atoms with Gasteiger partial charge in [0, 0.05) is 5.56 Å². The van der Waals surface area contributed by atoms with Crippen molar-refractivity contribution in [2.45, 2.75) is 68.6 Å². The molecule has 0 aliphatic carbocycles. The van der Waals surface area contributed by atoms with Crippen LogP contribution in [-0.2, 0) is 0 Å². The third-order valence-electron chi connectivity index (χ3n) is 6.07. The average Bonchev–Trinajstić information content (AvgIpc) is 2.98. The maximum Gasteiger partial charge on any atom is 0.236 e. The topological polar surface area (TPSA) is 152 Å². The van der Waals surface area contributed by atoms with Gasteiger partial charge >= 0.3 is 0 Å². The van der Waals surface area contributed by atoms with Gasteiger partial charge in [0.1, 0.15) is 33.9 Å². The number of oxime groups is 1. The molecule has 4 aromatic rings. The number of nitrogens with two attached hydrogens (primary N) is 1. The Balaban J connectivity index is 0. The molecule has 0 fully saturated rings. The SMILES string of the molecule is C.C.Cc1nc(C)c(Cl)c(O[C@@H](C)c2ccc(/C(N)=N/O)cc2)n1.Cc1nc(C)c(Cl)c(O[C@@H](C)c2ccc(C#N)cc2)n1.S.S. The number of halogens is 2. The second-order valence-electron chi connectivity index (χ2n) is 9.31. The fourth-order valence-corrected chi connectivity index (χ4v) is 4.03. The van der Waals surface area contributed by atoms with Crippen LogP contribution in [0.1, 0.15) is 86.2 Å². The fraction of sp³-hybridized carbons (Fsp3) is 0.312. The number of rotatable bonds is 7. The predicted molar refractivity (Wildman–Crippen MR) is 195 cm³/mol. The lowest BCUT2D eigenvalue weighted by Gasteiger charge is -2.16. The van der Waals surface area contributed by atoms with Gasteiger partial charge in [0.15, 0.2) is 5.84 Å². The minimum Gasteiger partial charge on any atom is -0.469 e. The first kappa shape index (κ1) is 44.4. The Labute approximate surface area is 295 Å². The summed E-state index contributed by atoms with van der Waals surface area (Å²) in [6.07, 6.45) is -0.471. The summed E-state index contributed by atoms with van der Waals surface area (Å²) in [6, 6.07) is 16.5. The molecule has 46 heavy (non-hydrogen) atoms. The molecule has 0 amide bonds. The van der Waals surface area contributed by atoms with Crippen molar-refractivity contribution >= 4 is 56.0 Å². The average molecular weight is 709 g/mol. The highest BCUT2D eigenvalue weighted by Gasteiger charge is 2.16. The van der Waals surface area contributed by atoms with E-state index in [4.69, 9.17) is 48.9 Å². The Bertz CT molecular complexity index is 1620. The van der Waals surface area contributed by atoms with Crippen LogP contribution in [0.3, 0.4) is 0 Å². The van der Waals surface area contributed by atoms with Crippen molar-refractivity contribution in [1.29, 1.82) is 5.26 Å². The van der Waals surface area contributed by atoms with Crippen LogP contribution in [0.15, 0.2) is 53.7 Å². The normalized spacial score (nSPS) is 11.3. The number of ether oxygens (including phenoxy) is 2. The highest BCUT2D eigenvalue weighted by molar-refractivity contribution is 7.59. The van der Waals surface area contributed by atoms with Gasteiger partial charge in [-0.15, -0.1) is 0 Å². The van der Waals surface area contributed by atoms with Crippen molar-refractivity contribution in [3.8, 4) is 17.8 Å². The quantitative estimate of drug-likeness (QED) is 0.0837.